The number of anilines is 3. The molecule has 0 radical (unpaired) electrons. The number of hydrogen-bond donors (Lipinski definition) is 2. The molecule has 9 heteroatoms. The lowest BCUT2D eigenvalue weighted by molar-refractivity contribution is 0.0699. The Kier molecular flexibility index (Phi) is 6.12. The average Bonchev–Trinajstić information content (AvgIpc) is 3.30. The fourth-order valence-electron chi connectivity index (χ4n) is 3.21. The Morgan fingerprint density at radius 1 is 1.31 bits per heavy atom. The van der Waals surface area contributed by atoms with Crippen LogP contribution in [0.2, 0.25) is 5.02 Å². The molecule has 152 valence electrons. The van der Waals surface area contributed by atoms with Gasteiger partial charge < -0.3 is 20.1 Å². The Balaban J connectivity index is 1.48. The number of methoxy groups -OCH3 is 1. The van der Waals surface area contributed by atoms with E-state index in [1.54, 1.807) is 24.2 Å². The van der Waals surface area contributed by atoms with Gasteiger partial charge in [-0.05, 0) is 37.0 Å². The molecule has 1 aliphatic rings. The molecule has 8 nitrogen and oxygen atoms in total. The van der Waals surface area contributed by atoms with Crippen LogP contribution in [0, 0.1) is 5.92 Å². The first kappa shape index (κ1) is 19.5. The lowest BCUT2D eigenvalue weighted by Gasteiger charge is -2.22. The predicted molar refractivity (Wildman–Crippen MR) is 112 cm³/mol. The second-order valence-electron chi connectivity index (χ2n) is 6.79. The van der Waals surface area contributed by atoms with Crippen molar-refractivity contribution < 1.29 is 9.47 Å². The Morgan fingerprint density at radius 3 is 2.93 bits per heavy atom. The van der Waals surface area contributed by atoms with Crippen LogP contribution < -0.4 is 15.4 Å². The fourth-order valence-corrected chi connectivity index (χ4v) is 3.37. The summed E-state index contributed by atoms with van der Waals surface area (Å²) in [6.45, 7) is 2.43. The maximum atomic E-state index is 6.28. The number of hydrogen-bond acceptors (Lipinski definition) is 7. The summed E-state index contributed by atoms with van der Waals surface area (Å²) in [6, 6.07) is 7.62. The van der Waals surface area contributed by atoms with Crippen molar-refractivity contribution in [2.45, 2.75) is 12.8 Å². The van der Waals surface area contributed by atoms with Gasteiger partial charge in [0.25, 0.3) is 0 Å². The second kappa shape index (κ2) is 9.11. The first-order valence-electron chi connectivity index (χ1n) is 9.52. The third-order valence-electron chi connectivity index (χ3n) is 4.84. The van der Waals surface area contributed by atoms with Gasteiger partial charge in [-0.2, -0.15) is 10.1 Å². The van der Waals surface area contributed by atoms with Crippen molar-refractivity contribution >= 4 is 29.1 Å². The number of aromatic nitrogens is 4. The number of halogens is 1. The molecule has 0 bridgehead atoms. The van der Waals surface area contributed by atoms with E-state index in [-0.39, 0.29) is 0 Å². The summed E-state index contributed by atoms with van der Waals surface area (Å²) in [7, 11) is 1.62. The molecule has 29 heavy (non-hydrogen) atoms. The highest BCUT2D eigenvalue weighted by Crippen LogP contribution is 2.30. The van der Waals surface area contributed by atoms with Crippen LogP contribution >= 0.6 is 11.6 Å². The van der Waals surface area contributed by atoms with Crippen molar-refractivity contribution in [3.05, 3.63) is 47.9 Å². The Hall–Kier alpha value is -2.84. The molecule has 2 N–H and O–H groups in total. The summed E-state index contributed by atoms with van der Waals surface area (Å²) in [6.07, 6.45) is 7.28. The first-order valence-corrected chi connectivity index (χ1v) is 9.90. The summed E-state index contributed by atoms with van der Waals surface area (Å²) in [5.41, 5.74) is 1.65. The van der Waals surface area contributed by atoms with E-state index in [0.717, 1.165) is 44.0 Å². The van der Waals surface area contributed by atoms with Gasteiger partial charge in [0.2, 0.25) is 5.95 Å². The maximum absolute atomic E-state index is 6.28. The largest absolute Gasteiger partial charge is 0.494 e. The summed E-state index contributed by atoms with van der Waals surface area (Å²) in [4.78, 5) is 8.82. The molecular formula is C20H23ClN6O2. The first-order chi connectivity index (χ1) is 14.2. The molecule has 1 fully saturated rings. The Labute approximate surface area is 174 Å². The highest BCUT2D eigenvalue weighted by Gasteiger charge is 2.15. The van der Waals surface area contributed by atoms with Crippen molar-refractivity contribution in [3.63, 3.8) is 0 Å². The minimum absolute atomic E-state index is 0.439. The molecule has 1 aromatic carbocycles. The van der Waals surface area contributed by atoms with Crippen LogP contribution in [0.15, 0.2) is 42.9 Å². The van der Waals surface area contributed by atoms with Gasteiger partial charge in [0.15, 0.2) is 5.82 Å². The standard InChI is InChI=1S/C20H23ClN6O2/c1-28-18-11-15(27-8-2-7-24-27)3-4-17(18)25-20-23-13-16(21)19(26-20)22-12-14-5-9-29-10-6-14/h2-4,7-8,11,13-14H,5-6,9-10,12H2,1H3,(H2,22,23,25,26). The van der Waals surface area contributed by atoms with Gasteiger partial charge in [-0.3, -0.25) is 0 Å². The number of nitrogens with one attached hydrogen (secondary N) is 2. The van der Waals surface area contributed by atoms with Crippen molar-refractivity contribution in [1.82, 2.24) is 19.7 Å². The highest BCUT2D eigenvalue weighted by molar-refractivity contribution is 6.32. The second-order valence-corrected chi connectivity index (χ2v) is 7.19. The van der Waals surface area contributed by atoms with Gasteiger partial charge in [-0.1, -0.05) is 11.6 Å². The van der Waals surface area contributed by atoms with E-state index in [0.29, 0.717) is 28.5 Å². The third-order valence-corrected chi connectivity index (χ3v) is 5.12. The van der Waals surface area contributed by atoms with Gasteiger partial charge in [-0.15, -0.1) is 0 Å². The van der Waals surface area contributed by atoms with Crippen LogP contribution in [0.4, 0.5) is 17.5 Å². The third kappa shape index (κ3) is 4.78. The van der Waals surface area contributed by atoms with Crippen LogP contribution in [0.5, 0.6) is 5.75 Å². The summed E-state index contributed by atoms with van der Waals surface area (Å²) in [5, 5.41) is 11.3. The van der Waals surface area contributed by atoms with Gasteiger partial charge in [-0.25, -0.2) is 9.67 Å². The zero-order valence-corrected chi connectivity index (χ0v) is 16.9. The zero-order chi connectivity index (χ0) is 20.1. The minimum atomic E-state index is 0.439. The molecule has 3 aromatic rings. The lowest BCUT2D eigenvalue weighted by Crippen LogP contribution is -2.23. The van der Waals surface area contributed by atoms with E-state index >= 15 is 0 Å². The highest BCUT2D eigenvalue weighted by atomic mass is 35.5. The van der Waals surface area contributed by atoms with Gasteiger partial charge in [0.05, 0.1) is 24.7 Å². The number of rotatable bonds is 7. The van der Waals surface area contributed by atoms with Crippen LogP contribution in [0.3, 0.4) is 0 Å². The SMILES string of the molecule is COc1cc(-n2cccn2)ccc1Nc1ncc(Cl)c(NCC2CCOCC2)n1. The molecule has 1 aliphatic heterocycles. The quantitative estimate of drug-likeness (QED) is 0.606. The number of benzene rings is 1. The average molecular weight is 415 g/mol. The summed E-state index contributed by atoms with van der Waals surface area (Å²) >= 11 is 6.28. The number of nitrogens with zero attached hydrogens (tertiary/aromatic N) is 4. The molecule has 0 atom stereocenters. The zero-order valence-electron chi connectivity index (χ0n) is 16.1. The van der Waals surface area contributed by atoms with E-state index in [1.165, 1.54) is 0 Å². The van der Waals surface area contributed by atoms with Gasteiger partial charge in [0, 0.05) is 38.2 Å². The molecule has 0 aliphatic carbocycles. The Bertz CT molecular complexity index is 944. The molecule has 0 amide bonds. The van der Waals surface area contributed by atoms with E-state index in [9.17, 15) is 0 Å². The molecular weight excluding hydrogens is 392 g/mol. The lowest BCUT2D eigenvalue weighted by atomic mass is 10.0. The van der Waals surface area contributed by atoms with Gasteiger partial charge in [0.1, 0.15) is 10.8 Å². The molecule has 2 aromatic heterocycles. The predicted octanol–water partition coefficient (Wildman–Crippen LogP) is 3.91. The van der Waals surface area contributed by atoms with E-state index < -0.39 is 0 Å². The van der Waals surface area contributed by atoms with Crippen LogP contribution in [0.25, 0.3) is 5.69 Å². The molecule has 1 saturated heterocycles. The van der Waals surface area contributed by atoms with Gasteiger partial charge >= 0.3 is 0 Å². The molecule has 0 unspecified atom stereocenters. The smallest absolute Gasteiger partial charge is 0.229 e. The molecule has 0 saturated carbocycles. The molecule has 3 heterocycles. The van der Waals surface area contributed by atoms with E-state index in [1.807, 2.05) is 30.5 Å². The van der Waals surface area contributed by atoms with Crippen LogP contribution in [-0.2, 0) is 4.74 Å². The fraction of sp³-hybridized carbons (Fsp3) is 0.350. The maximum Gasteiger partial charge on any atom is 0.229 e. The van der Waals surface area contributed by atoms with Crippen molar-refractivity contribution in [3.8, 4) is 11.4 Å². The van der Waals surface area contributed by atoms with Crippen molar-refractivity contribution in [1.29, 1.82) is 0 Å². The monoisotopic (exact) mass is 414 g/mol. The molecule has 4 rings (SSSR count). The van der Waals surface area contributed by atoms with E-state index in [4.69, 9.17) is 21.1 Å². The number of ether oxygens (including phenoxy) is 2. The molecule has 0 spiro atoms. The van der Waals surface area contributed by atoms with Crippen LogP contribution in [0.1, 0.15) is 12.8 Å². The van der Waals surface area contributed by atoms with Crippen LogP contribution in [-0.4, -0.2) is 46.6 Å². The normalized spacial score (nSPS) is 14.6. The van der Waals surface area contributed by atoms with Crippen molar-refractivity contribution in [2.24, 2.45) is 5.92 Å². The summed E-state index contributed by atoms with van der Waals surface area (Å²) < 4.78 is 12.7. The Morgan fingerprint density at radius 2 is 2.17 bits per heavy atom. The van der Waals surface area contributed by atoms with Crippen molar-refractivity contribution in [2.75, 3.05) is 37.5 Å². The van der Waals surface area contributed by atoms with E-state index in [2.05, 4.69) is 25.7 Å². The topological polar surface area (TPSA) is 86.1 Å². The summed E-state index contributed by atoms with van der Waals surface area (Å²) in [5.74, 6) is 2.27. The minimum Gasteiger partial charge on any atom is -0.494 e.